The lowest BCUT2D eigenvalue weighted by Gasteiger charge is -2.38. The number of amides is 1. The van der Waals surface area contributed by atoms with Crippen molar-refractivity contribution in [1.29, 1.82) is 0 Å². The largest absolute Gasteiger partial charge is 0.379 e. The van der Waals surface area contributed by atoms with Crippen LogP contribution in [0.4, 0.5) is 5.95 Å². The van der Waals surface area contributed by atoms with E-state index in [0.717, 1.165) is 87.4 Å². The Labute approximate surface area is 221 Å². The second-order valence-corrected chi connectivity index (χ2v) is 10.7. The predicted molar refractivity (Wildman–Crippen MR) is 144 cm³/mol. The van der Waals surface area contributed by atoms with Gasteiger partial charge in [-0.2, -0.15) is 0 Å². The van der Waals surface area contributed by atoms with Crippen molar-refractivity contribution < 1.29 is 9.53 Å². The van der Waals surface area contributed by atoms with Crippen LogP contribution < -0.4 is 5.32 Å². The normalized spacial score (nSPS) is 22.9. The molecule has 0 bridgehead atoms. The second kappa shape index (κ2) is 9.99. The lowest BCUT2D eigenvalue weighted by atomic mass is 9.90. The van der Waals surface area contributed by atoms with Crippen LogP contribution >= 0.6 is 0 Å². The maximum Gasteiger partial charge on any atom is 0.272 e. The summed E-state index contributed by atoms with van der Waals surface area (Å²) in [6.45, 7) is 5.47. The number of hydrogen-bond donors (Lipinski definition) is 1. The van der Waals surface area contributed by atoms with Gasteiger partial charge in [-0.3, -0.25) is 14.1 Å². The summed E-state index contributed by atoms with van der Waals surface area (Å²) < 4.78 is 9.31. The minimum atomic E-state index is 0.0481. The van der Waals surface area contributed by atoms with Crippen molar-refractivity contribution in [2.45, 2.75) is 50.6 Å². The molecule has 4 aromatic rings. The van der Waals surface area contributed by atoms with Crippen molar-refractivity contribution >= 4 is 23.0 Å². The first-order chi connectivity index (χ1) is 18.7. The summed E-state index contributed by atoms with van der Waals surface area (Å²) in [6, 6.07) is 7.13. The highest BCUT2D eigenvalue weighted by Crippen LogP contribution is 2.28. The molecule has 2 saturated heterocycles. The van der Waals surface area contributed by atoms with Gasteiger partial charge in [0.15, 0.2) is 0 Å². The fourth-order valence-electron chi connectivity index (χ4n) is 6.30. The number of pyridine rings is 1. The molecule has 1 N–H and O–H groups in total. The number of aromatic nitrogens is 5. The molecule has 38 heavy (non-hydrogen) atoms. The third kappa shape index (κ3) is 4.41. The quantitative estimate of drug-likeness (QED) is 0.437. The smallest absolute Gasteiger partial charge is 0.272 e. The molecule has 10 heteroatoms. The standard InChI is InChI=1S/C28H34N8O2/c37-27(34-10-1-2-11-34)25-18-29-26-8-3-20(19-35(25)26)23-9-12-36-24(23)17-30-28(32-36)31-21-4-6-22(7-5-21)33-13-15-38-16-14-33/h3,8-9,12,17-19,21-22H,1-2,4-7,10-11,13-16H2,(H,31,32)/t21-,22+. The van der Waals surface area contributed by atoms with Crippen LogP contribution in [0.1, 0.15) is 49.0 Å². The third-order valence-corrected chi connectivity index (χ3v) is 8.44. The van der Waals surface area contributed by atoms with Crippen molar-refractivity contribution in [3.05, 3.63) is 48.7 Å². The average molecular weight is 515 g/mol. The lowest BCUT2D eigenvalue weighted by molar-refractivity contribution is 0.00790. The number of carbonyl (C=O) groups is 1. The van der Waals surface area contributed by atoms with E-state index in [4.69, 9.17) is 9.84 Å². The van der Waals surface area contributed by atoms with Crippen LogP contribution in [0.5, 0.6) is 0 Å². The molecule has 7 rings (SSSR count). The molecule has 0 radical (unpaired) electrons. The van der Waals surface area contributed by atoms with E-state index in [2.05, 4.69) is 26.3 Å². The lowest BCUT2D eigenvalue weighted by Crippen LogP contribution is -2.46. The number of hydrogen-bond acceptors (Lipinski definition) is 7. The molecule has 1 amide bonds. The molecule has 2 aliphatic heterocycles. The van der Waals surface area contributed by atoms with E-state index in [0.29, 0.717) is 23.7 Å². The Kier molecular flexibility index (Phi) is 6.21. The molecule has 10 nitrogen and oxygen atoms in total. The highest BCUT2D eigenvalue weighted by Gasteiger charge is 2.27. The molecule has 1 saturated carbocycles. The van der Waals surface area contributed by atoms with Gasteiger partial charge in [0.25, 0.3) is 5.91 Å². The van der Waals surface area contributed by atoms with Crippen molar-refractivity contribution in [2.24, 2.45) is 0 Å². The number of nitrogens with zero attached hydrogens (tertiary/aromatic N) is 7. The summed E-state index contributed by atoms with van der Waals surface area (Å²) in [7, 11) is 0. The van der Waals surface area contributed by atoms with E-state index in [9.17, 15) is 4.79 Å². The molecule has 6 heterocycles. The number of rotatable bonds is 5. The van der Waals surface area contributed by atoms with Gasteiger partial charge in [0.05, 0.1) is 31.1 Å². The van der Waals surface area contributed by atoms with Crippen LogP contribution in [0.3, 0.4) is 0 Å². The Morgan fingerprint density at radius 3 is 2.58 bits per heavy atom. The molecular weight excluding hydrogens is 480 g/mol. The number of anilines is 1. The van der Waals surface area contributed by atoms with Gasteiger partial charge in [-0.25, -0.2) is 14.5 Å². The first kappa shape index (κ1) is 23.6. The maximum atomic E-state index is 13.1. The van der Waals surface area contributed by atoms with E-state index in [1.165, 1.54) is 12.8 Å². The number of ether oxygens (including phenoxy) is 1. The van der Waals surface area contributed by atoms with E-state index in [-0.39, 0.29) is 5.91 Å². The Bertz CT molecular complexity index is 1440. The molecule has 0 spiro atoms. The highest BCUT2D eigenvalue weighted by atomic mass is 16.5. The van der Waals surface area contributed by atoms with Crippen molar-refractivity contribution in [1.82, 2.24) is 33.8 Å². The fraction of sp³-hybridized carbons (Fsp3) is 0.500. The second-order valence-electron chi connectivity index (χ2n) is 10.7. The van der Waals surface area contributed by atoms with Gasteiger partial charge in [-0.15, -0.1) is 5.10 Å². The third-order valence-electron chi connectivity index (χ3n) is 8.44. The SMILES string of the molecule is O=C(c1cnc2ccc(-c3ccn4nc(N[C@H]5CC[C@@H](N6CCOCC6)CC5)ncc34)cn12)N1CCCC1. The fourth-order valence-corrected chi connectivity index (χ4v) is 6.30. The number of carbonyl (C=O) groups excluding carboxylic acids is 1. The number of nitrogens with one attached hydrogen (secondary N) is 1. The molecule has 1 aliphatic carbocycles. The zero-order valence-corrected chi connectivity index (χ0v) is 21.6. The minimum Gasteiger partial charge on any atom is -0.379 e. The number of morpholine rings is 1. The van der Waals surface area contributed by atoms with Crippen LogP contribution in [-0.4, -0.2) is 91.2 Å². The van der Waals surface area contributed by atoms with Crippen LogP contribution in [0, 0.1) is 0 Å². The molecule has 3 aliphatic rings. The summed E-state index contributed by atoms with van der Waals surface area (Å²) in [5, 5.41) is 8.33. The first-order valence-electron chi connectivity index (χ1n) is 13.9. The molecule has 0 aromatic carbocycles. The van der Waals surface area contributed by atoms with Crippen molar-refractivity contribution in [3.8, 4) is 11.1 Å². The molecule has 3 fully saturated rings. The number of imidazole rings is 1. The van der Waals surface area contributed by atoms with E-state index >= 15 is 0 Å². The summed E-state index contributed by atoms with van der Waals surface area (Å²) in [5.74, 6) is 0.713. The Morgan fingerprint density at radius 2 is 1.76 bits per heavy atom. The summed E-state index contributed by atoms with van der Waals surface area (Å²) >= 11 is 0. The van der Waals surface area contributed by atoms with Gasteiger partial charge in [-0.1, -0.05) is 0 Å². The monoisotopic (exact) mass is 514 g/mol. The van der Waals surface area contributed by atoms with Crippen molar-refractivity contribution in [2.75, 3.05) is 44.7 Å². The Morgan fingerprint density at radius 1 is 0.947 bits per heavy atom. The number of likely N-dealkylation sites (tertiary alicyclic amines) is 1. The van der Waals surface area contributed by atoms with Crippen LogP contribution in [0.15, 0.2) is 43.0 Å². The molecular formula is C28H34N8O2. The van der Waals surface area contributed by atoms with Crippen LogP contribution in [0.2, 0.25) is 0 Å². The number of fused-ring (bicyclic) bond motifs is 2. The van der Waals surface area contributed by atoms with Crippen LogP contribution in [0.25, 0.3) is 22.3 Å². The Hall–Kier alpha value is -3.50. The molecule has 0 atom stereocenters. The van der Waals surface area contributed by atoms with Gasteiger partial charge in [0.1, 0.15) is 11.3 Å². The average Bonchev–Trinajstić information content (AvgIpc) is 3.73. The van der Waals surface area contributed by atoms with Gasteiger partial charge < -0.3 is 15.0 Å². The minimum absolute atomic E-state index is 0.0481. The molecule has 198 valence electrons. The zero-order valence-electron chi connectivity index (χ0n) is 21.6. The predicted octanol–water partition coefficient (Wildman–Crippen LogP) is 3.34. The van der Waals surface area contributed by atoms with Crippen LogP contribution in [-0.2, 0) is 4.74 Å². The highest BCUT2D eigenvalue weighted by molar-refractivity contribution is 5.93. The zero-order chi connectivity index (χ0) is 25.5. The van der Waals surface area contributed by atoms with E-state index in [1.54, 1.807) is 6.20 Å². The first-order valence-corrected chi connectivity index (χ1v) is 13.9. The summed E-state index contributed by atoms with van der Waals surface area (Å²) in [5.41, 5.74) is 4.33. The van der Waals surface area contributed by atoms with Gasteiger partial charge >= 0.3 is 0 Å². The van der Waals surface area contributed by atoms with E-state index < -0.39 is 0 Å². The van der Waals surface area contributed by atoms with Gasteiger partial charge in [0, 0.05) is 61.8 Å². The summed E-state index contributed by atoms with van der Waals surface area (Å²) in [4.78, 5) is 26.7. The maximum absolute atomic E-state index is 13.1. The van der Waals surface area contributed by atoms with Gasteiger partial charge in [0.2, 0.25) is 5.95 Å². The summed E-state index contributed by atoms with van der Waals surface area (Å²) in [6.07, 6.45) is 14.3. The molecule has 4 aromatic heterocycles. The van der Waals surface area contributed by atoms with Crippen molar-refractivity contribution in [3.63, 3.8) is 0 Å². The Balaban J connectivity index is 1.07. The molecule has 0 unspecified atom stereocenters. The van der Waals surface area contributed by atoms with Gasteiger partial charge in [-0.05, 0) is 56.7 Å². The van der Waals surface area contributed by atoms with E-state index in [1.807, 2.05) is 44.5 Å². The topological polar surface area (TPSA) is 92.3 Å².